The molecule has 1 saturated heterocycles. The van der Waals surface area contributed by atoms with Gasteiger partial charge in [0.05, 0.1) is 15.6 Å². The zero-order valence-electron chi connectivity index (χ0n) is 13.2. The average molecular weight is 367 g/mol. The summed E-state index contributed by atoms with van der Waals surface area (Å²) in [5, 5.41) is 0.0910. The highest BCUT2D eigenvalue weighted by Gasteiger charge is 2.24. The molecule has 0 N–H and O–H groups in total. The molecular weight excluding hydrogens is 350 g/mol. The quantitative estimate of drug-likeness (QED) is 0.735. The third-order valence-corrected chi connectivity index (χ3v) is 4.78. The first-order valence-corrected chi connectivity index (χ1v) is 8.47. The molecule has 0 atom stereocenters. The van der Waals surface area contributed by atoms with Gasteiger partial charge in [0.25, 0.3) is 5.91 Å². The van der Waals surface area contributed by atoms with Gasteiger partial charge in [-0.15, -0.1) is 0 Å². The Morgan fingerprint density at radius 1 is 1.04 bits per heavy atom. The van der Waals surface area contributed by atoms with Crippen molar-refractivity contribution in [1.82, 2.24) is 4.90 Å². The molecule has 1 aliphatic rings. The van der Waals surface area contributed by atoms with Crippen LogP contribution in [0.5, 0.6) is 0 Å². The van der Waals surface area contributed by atoms with E-state index in [1.165, 1.54) is 11.6 Å². The lowest BCUT2D eigenvalue weighted by molar-refractivity contribution is 0.0746. The minimum atomic E-state index is -0.636. The fourth-order valence-electron chi connectivity index (χ4n) is 2.85. The SMILES string of the molecule is Cc1cccc(N2CCN(C(=O)c3cc(F)c(Cl)cc3Cl)CC2)c1. The van der Waals surface area contributed by atoms with Crippen LogP contribution in [-0.2, 0) is 0 Å². The summed E-state index contributed by atoms with van der Waals surface area (Å²) >= 11 is 11.7. The predicted octanol–water partition coefficient (Wildman–Crippen LogP) is 4.40. The molecular formula is C18H17Cl2FN2O. The van der Waals surface area contributed by atoms with Crippen LogP contribution in [0.3, 0.4) is 0 Å². The molecule has 0 unspecified atom stereocenters. The number of hydrogen-bond donors (Lipinski definition) is 0. The van der Waals surface area contributed by atoms with E-state index in [2.05, 4.69) is 30.0 Å². The van der Waals surface area contributed by atoms with Crippen molar-refractivity contribution >= 4 is 34.8 Å². The van der Waals surface area contributed by atoms with E-state index in [0.717, 1.165) is 24.8 Å². The van der Waals surface area contributed by atoms with E-state index in [0.29, 0.717) is 13.1 Å². The molecule has 24 heavy (non-hydrogen) atoms. The highest BCUT2D eigenvalue weighted by molar-refractivity contribution is 6.36. The van der Waals surface area contributed by atoms with Crippen LogP contribution in [0.4, 0.5) is 10.1 Å². The maximum Gasteiger partial charge on any atom is 0.255 e. The van der Waals surface area contributed by atoms with Crippen LogP contribution in [0.1, 0.15) is 15.9 Å². The number of aryl methyl sites for hydroxylation is 1. The topological polar surface area (TPSA) is 23.6 Å². The first-order valence-electron chi connectivity index (χ1n) is 7.71. The van der Waals surface area contributed by atoms with Gasteiger partial charge in [0.1, 0.15) is 5.82 Å². The lowest BCUT2D eigenvalue weighted by atomic mass is 10.1. The van der Waals surface area contributed by atoms with Crippen molar-refractivity contribution in [2.24, 2.45) is 0 Å². The number of halogens is 3. The minimum Gasteiger partial charge on any atom is -0.368 e. The van der Waals surface area contributed by atoms with Gasteiger partial charge in [-0.3, -0.25) is 4.79 Å². The molecule has 0 saturated carbocycles. The predicted molar refractivity (Wildman–Crippen MR) is 95.7 cm³/mol. The molecule has 0 spiro atoms. The van der Waals surface area contributed by atoms with Crippen molar-refractivity contribution < 1.29 is 9.18 Å². The Kier molecular flexibility index (Phi) is 4.97. The number of carbonyl (C=O) groups excluding carboxylic acids is 1. The van der Waals surface area contributed by atoms with Gasteiger partial charge in [-0.1, -0.05) is 35.3 Å². The maximum atomic E-state index is 13.6. The van der Waals surface area contributed by atoms with E-state index in [1.54, 1.807) is 4.90 Å². The summed E-state index contributed by atoms with van der Waals surface area (Å²) in [6, 6.07) is 10.7. The second-order valence-corrected chi connectivity index (χ2v) is 6.68. The van der Waals surface area contributed by atoms with Gasteiger partial charge in [-0.05, 0) is 36.8 Å². The fraction of sp³-hybridized carbons (Fsp3) is 0.278. The van der Waals surface area contributed by atoms with Crippen LogP contribution in [0.25, 0.3) is 0 Å². The standard InChI is InChI=1S/C18H17Cl2FN2O/c1-12-3-2-4-13(9-12)22-5-7-23(8-6-22)18(24)14-10-17(21)16(20)11-15(14)19/h2-4,9-11H,5-8H2,1H3. The highest BCUT2D eigenvalue weighted by Crippen LogP contribution is 2.26. The van der Waals surface area contributed by atoms with E-state index in [9.17, 15) is 9.18 Å². The van der Waals surface area contributed by atoms with E-state index in [-0.39, 0.29) is 21.5 Å². The second-order valence-electron chi connectivity index (χ2n) is 5.86. The van der Waals surface area contributed by atoms with Crippen LogP contribution >= 0.6 is 23.2 Å². The van der Waals surface area contributed by atoms with Gasteiger partial charge >= 0.3 is 0 Å². The molecule has 1 heterocycles. The largest absolute Gasteiger partial charge is 0.368 e. The molecule has 0 radical (unpaired) electrons. The number of piperazine rings is 1. The lowest BCUT2D eigenvalue weighted by Crippen LogP contribution is -2.48. The van der Waals surface area contributed by atoms with Crippen LogP contribution in [0, 0.1) is 12.7 Å². The van der Waals surface area contributed by atoms with Crippen LogP contribution in [0.15, 0.2) is 36.4 Å². The monoisotopic (exact) mass is 366 g/mol. The fourth-order valence-corrected chi connectivity index (χ4v) is 3.31. The Morgan fingerprint density at radius 3 is 2.42 bits per heavy atom. The van der Waals surface area contributed by atoms with Crippen molar-refractivity contribution in [3.05, 3.63) is 63.4 Å². The maximum absolute atomic E-state index is 13.6. The van der Waals surface area contributed by atoms with E-state index >= 15 is 0 Å². The number of amides is 1. The summed E-state index contributed by atoms with van der Waals surface area (Å²) in [6.07, 6.45) is 0. The summed E-state index contributed by atoms with van der Waals surface area (Å²) < 4.78 is 13.6. The number of rotatable bonds is 2. The zero-order valence-corrected chi connectivity index (χ0v) is 14.7. The van der Waals surface area contributed by atoms with Gasteiger partial charge in [-0.2, -0.15) is 0 Å². The van der Waals surface area contributed by atoms with Gasteiger partial charge in [-0.25, -0.2) is 4.39 Å². The Bertz CT molecular complexity index is 774. The van der Waals surface area contributed by atoms with Crippen molar-refractivity contribution in [1.29, 1.82) is 0 Å². The van der Waals surface area contributed by atoms with Crippen molar-refractivity contribution in [3.63, 3.8) is 0 Å². The molecule has 0 aliphatic carbocycles. The molecule has 0 aromatic heterocycles. The average Bonchev–Trinajstić information content (AvgIpc) is 2.58. The van der Waals surface area contributed by atoms with Crippen LogP contribution < -0.4 is 4.90 Å². The molecule has 1 amide bonds. The summed E-state index contributed by atoms with van der Waals surface area (Å²) in [7, 11) is 0. The molecule has 2 aromatic carbocycles. The van der Waals surface area contributed by atoms with Gasteiger partial charge < -0.3 is 9.80 Å². The third kappa shape index (κ3) is 3.50. The lowest BCUT2D eigenvalue weighted by Gasteiger charge is -2.36. The van der Waals surface area contributed by atoms with Crippen LogP contribution in [0.2, 0.25) is 10.0 Å². The van der Waals surface area contributed by atoms with E-state index in [1.807, 2.05) is 6.07 Å². The second kappa shape index (κ2) is 6.99. The molecule has 1 fully saturated rings. The van der Waals surface area contributed by atoms with Crippen molar-refractivity contribution in [2.75, 3.05) is 31.1 Å². The van der Waals surface area contributed by atoms with Gasteiger partial charge in [0.15, 0.2) is 0 Å². The Hall–Kier alpha value is -1.78. The normalized spacial score (nSPS) is 14.8. The Morgan fingerprint density at radius 2 is 1.75 bits per heavy atom. The van der Waals surface area contributed by atoms with E-state index < -0.39 is 5.82 Å². The molecule has 6 heteroatoms. The first-order chi connectivity index (χ1) is 11.5. The molecule has 3 rings (SSSR count). The van der Waals surface area contributed by atoms with Crippen LogP contribution in [-0.4, -0.2) is 37.0 Å². The summed E-state index contributed by atoms with van der Waals surface area (Å²) in [5.74, 6) is -0.901. The number of nitrogens with zero attached hydrogens (tertiary/aromatic N) is 2. The van der Waals surface area contributed by atoms with E-state index in [4.69, 9.17) is 23.2 Å². The summed E-state index contributed by atoms with van der Waals surface area (Å²) in [6.45, 7) is 4.63. The highest BCUT2D eigenvalue weighted by atomic mass is 35.5. The summed E-state index contributed by atoms with van der Waals surface area (Å²) in [4.78, 5) is 16.5. The minimum absolute atomic E-state index is 0.0826. The molecule has 3 nitrogen and oxygen atoms in total. The molecule has 0 bridgehead atoms. The number of benzene rings is 2. The molecule has 1 aliphatic heterocycles. The number of anilines is 1. The smallest absolute Gasteiger partial charge is 0.255 e. The molecule has 2 aromatic rings. The Balaban J connectivity index is 1.70. The van der Waals surface area contributed by atoms with Gasteiger partial charge in [0, 0.05) is 31.9 Å². The third-order valence-electron chi connectivity index (χ3n) is 4.17. The number of carbonyl (C=O) groups is 1. The van der Waals surface area contributed by atoms with Crippen molar-refractivity contribution in [3.8, 4) is 0 Å². The zero-order chi connectivity index (χ0) is 17.3. The Labute approximate surface area is 150 Å². The number of hydrogen-bond acceptors (Lipinski definition) is 2. The summed E-state index contributed by atoms with van der Waals surface area (Å²) in [5.41, 5.74) is 2.51. The first kappa shape index (κ1) is 17.1. The molecule has 126 valence electrons. The van der Waals surface area contributed by atoms with Crippen molar-refractivity contribution in [2.45, 2.75) is 6.92 Å². The van der Waals surface area contributed by atoms with Gasteiger partial charge in [0.2, 0.25) is 0 Å².